The standard InChI is InChI=1S/C11H9NOS3/c1-14-11-10(8-5-3-2-4-6-8)9-7-12-13-16(9)15-11/h2-7H,1H3. The van der Waals surface area contributed by atoms with Crippen LogP contribution >= 0.6 is 32.4 Å². The van der Waals surface area contributed by atoms with Gasteiger partial charge in [-0.15, -0.1) is 11.8 Å². The van der Waals surface area contributed by atoms with Crippen LogP contribution in [0, 0.1) is 0 Å². The average molecular weight is 267 g/mol. The second kappa shape index (κ2) is 4.31. The first-order valence-electron chi connectivity index (χ1n) is 4.74. The van der Waals surface area contributed by atoms with Gasteiger partial charge in [-0.1, -0.05) is 35.5 Å². The zero-order chi connectivity index (χ0) is 11.0. The number of hydrogen-bond donors (Lipinski definition) is 0. The Labute approximate surface area is 105 Å². The maximum Gasteiger partial charge on any atom is 0.0992 e. The van der Waals surface area contributed by atoms with Crippen LogP contribution in [0.3, 0.4) is 0 Å². The zero-order valence-corrected chi connectivity index (χ0v) is 11.0. The summed E-state index contributed by atoms with van der Waals surface area (Å²) < 4.78 is 6.66. The number of oxime groups is 1. The van der Waals surface area contributed by atoms with Crippen molar-refractivity contribution in [1.29, 1.82) is 0 Å². The molecule has 3 rings (SSSR count). The van der Waals surface area contributed by atoms with Crippen molar-refractivity contribution < 1.29 is 4.28 Å². The minimum absolute atomic E-state index is 0.212. The first kappa shape index (κ1) is 10.5. The van der Waals surface area contributed by atoms with Crippen LogP contribution in [0.25, 0.3) is 5.57 Å². The van der Waals surface area contributed by atoms with Crippen LogP contribution in [0.2, 0.25) is 0 Å². The Hall–Kier alpha value is -0.650. The Kier molecular flexibility index (Phi) is 2.83. The van der Waals surface area contributed by atoms with Crippen molar-refractivity contribution in [3.8, 4) is 0 Å². The largest absolute Gasteiger partial charge is 0.319 e. The lowest BCUT2D eigenvalue weighted by Gasteiger charge is -2.05. The second-order valence-corrected chi connectivity index (χ2v) is 7.34. The summed E-state index contributed by atoms with van der Waals surface area (Å²) in [6, 6.07) is 10.4. The highest BCUT2D eigenvalue weighted by molar-refractivity contribution is 8.86. The molecular formula is C11H9NOS3. The van der Waals surface area contributed by atoms with Gasteiger partial charge in [-0.2, -0.15) is 0 Å². The highest BCUT2D eigenvalue weighted by Gasteiger charge is 2.29. The van der Waals surface area contributed by atoms with Crippen molar-refractivity contribution in [2.45, 2.75) is 0 Å². The fourth-order valence-corrected chi connectivity index (χ4v) is 6.41. The number of rotatable bonds is 2. The van der Waals surface area contributed by atoms with E-state index in [0.717, 1.165) is 0 Å². The summed E-state index contributed by atoms with van der Waals surface area (Å²) in [5.74, 6) is 0. The minimum atomic E-state index is -0.212. The summed E-state index contributed by atoms with van der Waals surface area (Å²) in [7, 11) is 1.56. The summed E-state index contributed by atoms with van der Waals surface area (Å²) in [5.41, 5.74) is 2.55. The van der Waals surface area contributed by atoms with E-state index in [4.69, 9.17) is 4.28 Å². The van der Waals surface area contributed by atoms with Crippen LogP contribution in [0.4, 0.5) is 0 Å². The molecule has 2 aliphatic heterocycles. The molecule has 0 aliphatic carbocycles. The van der Waals surface area contributed by atoms with Crippen molar-refractivity contribution in [3.63, 3.8) is 0 Å². The lowest BCUT2D eigenvalue weighted by atomic mass is 10.1. The molecule has 0 saturated carbocycles. The maximum absolute atomic E-state index is 5.33. The zero-order valence-electron chi connectivity index (χ0n) is 8.54. The fraction of sp³-hybridized carbons (Fsp3) is 0.0909. The number of thioether (sulfide) groups is 1. The van der Waals surface area contributed by atoms with Gasteiger partial charge >= 0.3 is 0 Å². The monoisotopic (exact) mass is 267 g/mol. The van der Waals surface area contributed by atoms with Gasteiger partial charge < -0.3 is 4.28 Å². The van der Waals surface area contributed by atoms with Crippen LogP contribution < -0.4 is 0 Å². The van der Waals surface area contributed by atoms with Crippen LogP contribution in [-0.4, -0.2) is 17.3 Å². The summed E-state index contributed by atoms with van der Waals surface area (Å²) >= 11 is 1.78. The quantitative estimate of drug-likeness (QED) is 0.601. The number of hydrogen-bond acceptors (Lipinski definition) is 4. The van der Waals surface area contributed by atoms with E-state index < -0.39 is 0 Å². The highest BCUT2D eigenvalue weighted by Crippen LogP contribution is 2.55. The van der Waals surface area contributed by atoms with Gasteiger partial charge in [-0.05, 0) is 22.6 Å². The van der Waals surface area contributed by atoms with E-state index in [0.29, 0.717) is 0 Å². The molecule has 0 amide bonds. The van der Waals surface area contributed by atoms with Gasteiger partial charge in [0.05, 0.1) is 25.1 Å². The van der Waals surface area contributed by atoms with Gasteiger partial charge in [0.1, 0.15) is 0 Å². The van der Waals surface area contributed by atoms with Gasteiger partial charge in [-0.3, -0.25) is 0 Å². The number of nitrogens with zero attached hydrogens (tertiary/aromatic N) is 1. The maximum atomic E-state index is 5.33. The van der Waals surface area contributed by atoms with E-state index >= 15 is 0 Å². The Balaban J connectivity index is 2.12. The summed E-state index contributed by atoms with van der Waals surface area (Å²) in [6.07, 6.45) is 3.95. The SMILES string of the molecule is CSC1=C(c2ccccc2)C2=S(ON=C2)S1. The van der Waals surface area contributed by atoms with Crippen molar-refractivity contribution in [2.75, 3.05) is 6.26 Å². The third kappa shape index (κ3) is 1.63. The van der Waals surface area contributed by atoms with Crippen LogP contribution in [-0.2, 0) is 4.28 Å². The normalized spacial score (nSPS) is 22.6. The van der Waals surface area contributed by atoms with Crippen molar-refractivity contribution in [3.05, 3.63) is 40.1 Å². The summed E-state index contributed by atoms with van der Waals surface area (Å²) in [5, 5.41) is 3.90. The van der Waals surface area contributed by atoms with E-state index in [9.17, 15) is 0 Å². The fourth-order valence-electron chi connectivity index (χ4n) is 1.61. The van der Waals surface area contributed by atoms with Crippen molar-refractivity contribution in [2.24, 2.45) is 5.16 Å². The molecule has 0 radical (unpaired) electrons. The lowest BCUT2D eigenvalue weighted by Crippen LogP contribution is -1.98. The van der Waals surface area contributed by atoms with Crippen LogP contribution in [0.15, 0.2) is 39.7 Å². The predicted molar refractivity (Wildman–Crippen MR) is 76.6 cm³/mol. The molecular weight excluding hydrogens is 258 g/mol. The Morgan fingerprint density at radius 1 is 1.31 bits per heavy atom. The lowest BCUT2D eigenvalue weighted by molar-refractivity contribution is 0.417. The Morgan fingerprint density at radius 2 is 2.12 bits per heavy atom. The second-order valence-electron chi connectivity index (χ2n) is 3.22. The molecule has 0 aromatic heterocycles. The highest BCUT2D eigenvalue weighted by atomic mass is 33.1. The van der Waals surface area contributed by atoms with Crippen molar-refractivity contribution >= 4 is 49.0 Å². The summed E-state index contributed by atoms with van der Waals surface area (Å²) in [6.45, 7) is 0. The smallest absolute Gasteiger partial charge is 0.0992 e. The molecule has 2 heterocycles. The molecule has 5 heteroatoms. The third-order valence-electron chi connectivity index (χ3n) is 2.31. The van der Waals surface area contributed by atoms with Crippen LogP contribution in [0.1, 0.15) is 5.56 Å². The number of allylic oxidation sites excluding steroid dienone is 1. The molecule has 82 valence electrons. The van der Waals surface area contributed by atoms with Gasteiger partial charge in [0.25, 0.3) is 0 Å². The van der Waals surface area contributed by atoms with Gasteiger partial charge in [-0.25, -0.2) is 0 Å². The first-order chi connectivity index (χ1) is 7.90. The van der Waals surface area contributed by atoms with Crippen LogP contribution in [0.5, 0.6) is 0 Å². The molecule has 0 N–H and O–H groups in total. The molecule has 0 spiro atoms. The molecule has 1 unspecified atom stereocenters. The van der Waals surface area contributed by atoms with Gasteiger partial charge in [0.15, 0.2) is 0 Å². The van der Waals surface area contributed by atoms with Crippen molar-refractivity contribution in [1.82, 2.24) is 0 Å². The van der Waals surface area contributed by atoms with E-state index in [1.165, 1.54) is 20.2 Å². The molecule has 1 aromatic carbocycles. The van der Waals surface area contributed by atoms with Gasteiger partial charge in [0, 0.05) is 5.57 Å². The average Bonchev–Trinajstić information content (AvgIpc) is 2.89. The van der Waals surface area contributed by atoms with E-state index in [-0.39, 0.29) is 9.80 Å². The van der Waals surface area contributed by atoms with E-state index in [1.807, 2.05) is 12.3 Å². The topological polar surface area (TPSA) is 21.6 Å². The van der Waals surface area contributed by atoms with E-state index in [2.05, 4.69) is 35.7 Å². The minimum Gasteiger partial charge on any atom is -0.319 e. The molecule has 2 aliphatic rings. The molecule has 1 atom stereocenters. The Morgan fingerprint density at radius 3 is 2.88 bits per heavy atom. The molecule has 0 fully saturated rings. The molecule has 1 aromatic rings. The molecule has 0 bridgehead atoms. The number of benzene rings is 1. The first-order valence-corrected chi connectivity index (χ1v) is 8.45. The molecule has 0 saturated heterocycles. The molecule has 16 heavy (non-hydrogen) atoms. The van der Waals surface area contributed by atoms with E-state index in [1.54, 1.807) is 22.6 Å². The summed E-state index contributed by atoms with van der Waals surface area (Å²) in [4.78, 5) is 1.22. The third-order valence-corrected chi connectivity index (χ3v) is 7.02. The van der Waals surface area contributed by atoms with Gasteiger partial charge in [0.2, 0.25) is 0 Å². The molecule has 2 nitrogen and oxygen atoms in total. The Bertz CT molecular complexity index is 519. The predicted octanol–water partition coefficient (Wildman–Crippen LogP) is 3.75.